The summed E-state index contributed by atoms with van der Waals surface area (Å²) in [5.41, 5.74) is 0.446. The summed E-state index contributed by atoms with van der Waals surface area (Å²) < 4.78 is 0. The van der Waals surface area contributed by atoms with E-state index in [0.717, 1.165) is 18.8 Å². The number of hydrogen-bond acceptors (Lipinski definition) is 4. The third-order valence-electron chi connectivity index (χ3n) is 2.85. The molecule has 0 unspecified atom stereocenters. The summed E-state index contributed by atoms with van der Waals surface area (Å²) in [5, 5.41) is 6.36. The fourth-order valence-corrected chi connectivity index (χ4v) is 2.00. The van der Waals surface area contributed by atoms with E-state index in [0.29, 0.717) is 29.4 Å². The second-order valence-corrected chi connectivity index (χ2v) is 4.93. The zero-order valence-corrected chi connectivity index (χ0v) is 12.6. The van der Waals surface area contributed by atoms with E-state index in [9.17, 15) is 4.79 Å². The lowest BCUT2D eigenvalue weighted by Crippen LogP contribution is -2.26. The number of H-pyrrole nitrogens is 1. The number of carbonyl (C=O) groups is 1. The lowest BCUT2D eigenvalue weighted by molar-refractivity contribution is 0.0953. The summed E-state index contributed by atoms with van der Waals surface area (Å²) in [7, 11) is 0. The lowest BCUT2D eigenvalue weighted by Gasteiger charge is -2.08. The molecule has 0 spiro atoms. The average molecular weight is 308 g/mol. The van der Waals surface area contributed by atoms with Crippen LogP contribution < -0.4 is 10.6 Å². The molecule has 0 aliphatic rings. The molecule has 0 aromatic carbocycles. The van der Waals surface area contributed by atoms with Gasteiger partial charge in [-0.2, -0.15) is 0 Å². The second-order valence-electron chi connectivity index (χ2n) is 4.52. The second kappa shape index (κ2) is 7.64. The molecule has 6 nitrogen and oxygen atoms in total. The van der Waals surface area contributed by atoms with Crippen LogP contribution in [0.25, 0.3) is 0 Å². The Hall–Kier alpha value is -2.08. The molecule has 21 heavy (non-hydrogen) atoms. The van der Waals surface area contributed by atoms with Crippen LogP contribution in [0.3, 0.4) is 0 Å². The number of nitrogens with zero attached hydrogens (tertiary/aromatic N) is 2. The monoisotopic (exact) mass is 307 g/mol. The molecule has 0 saturated heterocycles. The minimum Gasteiger partial charge on any atom is -0.369 e. The van der Waals surface area contributed by atoms with Gasteiger partial charge >= 0.3 is 0 Å². The molecule has 1 amide bonds. The molecule has 3 N–H and O–H groups in total. The maximum Gasteiger partial charge on any atom is 0.252 e. The number of nitrogens with one attached hydrogen (secondary N) is 3. The van der Waals surface area contributed by atoms with E-state index < -0.39 is 0 Å². The largest absolute Gasteiger partial charge is 0.369 e. The molecule has 0 radical (unpaired) electrons. The van der Waals surface area contributed by atoms with Crippen molar-refractivity contribution in [1.82, 2.24) is 20.3 Å². The van der Waals surface area contributed by atoms with Gasteiger partial charge < -0.3 is 15.6 Å². The summed E-state index contributed by atoms with van der Waals surface area (Å²) in [6, 6.07) is 1.62. The number of imidazole rings is 1. The summed E-state index contributed by atoms with van der Waals surface area (Å²) in [4.78, 5) is 23.2. The van der Waals surface area contributed by atoms with Crippen molar-refractivity contribution in [3.63, 3.8) is 0 Å². The van der Waals surface area contributed by atoms with Crippen LogP contribution in [0.2, 0.25) is 5.02 Å². The number of halogens is 1. The molecule has 0 aliphatic carbocycles. The lowest BCUT2D eigenvalue weighted by atomic mass is 10.2. The van der Waals surface area contributed by atoms with Gasteiger partial charge in [0.25, 0.3) is 5.91 Å². The quantitative estimate of drug-likeness (QED) is 0.732. The molecule has 0 aliphatic heterocycles. The van der Waals surface area contributed by atoms with Crippen molar-refractivity contribution < 1.29 is 4.79 Å². The third-order valence-corrected chi connectivity index (χ3v) is 3.14. The fourth-order valence-electron chi connectivity index (χ4n) is 1.77. The topological polar surface area (TPSA) is 82.7 Å². The van der Waals surface area contributed by atoms with Gasteiger partial charge in [-0.3, -0.25) is 4.79 Å². The summed E-state index contributed by atoms with van der Waals surface area (Å²) in [5.74, 6) is 1.24. The molecule has 2 rings (SSSR count). The van der Waals surface area contributed by atoms with Crippen LogP contribution in [0.5, 0.6) is 0 Å². The molecular formula is C14H18ClN5O. The first-order valence-corrected chi connectivity index (χ1v) is 7.24. The van der Waals surface area contributed by atoms with Crippen molar-refractivity contribution in [2.45, 2.75) is 19.8 Å². The predicted molar refractivity (Wildman–Crippen MR) is 82.7 cm³/mol. The van der Waals surface area contributed by atoms with E-state index in [4.69, 9.17) is 11.6 Å². The Kier molecular flexibility index (Phi) is 5.57. The van der Waals surface area contributed by atoms with E-state index in [2.05, 4.69) is 32.5 Å². The van der Waals surface area contributed by atoms with E-state index in [-0.39, 0.29) is 5.91 Å². The average Bonchev–Trinajstić information content (AvgIpc) is 2.99. The maximum absolute atomic E-state index is 12.0. The van der Waals surface area contributed by atoms with Crippen molar-refractivity contribution in [2.75, 3.05) is 18.4 Å². The number of aromatic nitrogens is 3. The SMILES string of the molecule is CCCNc1ncc(C(=O)NCCc2ncc[nH]2)cc1Cl. The number of aromatic amines is 1. The van der Waals surface area contributed by atoms with Crippen LogP contribution in [0, 0.1) is 0 Å². The van der Waals surface area contributed by atoms with Gasteiger partial charge in [0.15, 0.2) is 0 Å². The third kappa shape index (κ3) is 4.46. The molecule has 2 aromatic rings. The molecule has 112 valence electrons. The normalized spacial score (nSPS) is 10.4. The number of amides is 1. The van der Waals surface area contributed by atoms with Crippen molar-refractivity contribution in [3.8, 4) is 0 Å². The van der Waals surface area contributed by atoms with Gasteiger partial charge in [0.1, 0.15) is 11.6 Å². The zero-order valence-electron chi connectivity index (χ0n) is 11.8. The highest BCUT2D eigenvalue weighted by atomic mass is 35.5. The van der Waals surface area contributed by atoms with E-state index in [1.165, 1.54) is 6.20 Å². The highest BCUT2D eigenvalue weighted by molar-refractivity contribution is 6.33. The van der Waals surface area contributed by atoms with Crippen LogP contribution in [0.1, 0.15) is 29.5 Å². The van der Waals surface area contributed by atoms with Crippen molar-refractivity contribution >= 4 is 23.3 Å². The summed E-state index contributed by atoms with van der Waals surface area (Å²) in [6.07, 6.45) is 6.58. The predicted octanol–water partition coefficient (Wildman–Crippen LogP) is 2.25. The van der Waals surface area contributed by atoms with Gasteiger partial charge in [0.05, 0.1) is 10.6 Å². The zero-order chi connectivity index (χ0) is 15.1. The molecule has 2 aromatic heterocycles. The first-order valence-electron chi connectivity index (χ1n) is 6.86. The number of anilines is 1. The highest BCUT2D eigenvalue weighted by Crippen LogP contribution is 2.19. The van der Waals surface area contributed by atoms with Gasteiger partial charge in [-0.25, -0.2) is 9.97 Å². The minimum atomic E-state index is -0.196. The van der Waals surface area contributed by atoms with Crippen LogP contribution in [-0.4, -0.2) is 33.9 Å². The Bertz CT molecular complexity index is 585. The van der Waals surface area contributed by atoms with E-state index >= 15 is 0 Å². The van der Waals surface area contributed by atoms with Crippen LogP contribution >= 0.6 is 11.6 Å². The van der Waals surface area contributed by atoms with Gasteiger partial charge in [0, 0.05) is 38.1 Å². The van der Waals surface area contributed by atoms with Crippen molar-refractivity contribution in [2.24, 2.45) is 0 Å². The molecule has 2 heterocycles. The fraction of sp³-hybridized carbons (Fsp3) is 0.357. The summed E-state index contributed by atoms with van der Waals surface area (Å²) >= 11 is 6.10. The molecule has 0 bridgehead atoms. The smallest absolute Gasteiger partial charge is 0.252 e. The number of hydrogen-bond donors (Lipinski definition) is 3. The first kappa shape index (κ1) is 15.3. The van der Waals surface area contributed by atoms with Crippen LogP contribution in [-0.2, 0) is 6.42 Å². The molecular weight excluding hydrogens is 290 g/mol. The van der Waals surface area contributed by atoms with Crippen LogP contribution in [0.15, 0.2) is 24.7 Å². The number of carbonyl (C=O) groups excluding carboxylic acids is 1. The first-order chi connectivity index (χ1) is 10.2. The van der Waals surface area contributed by atoms with Crippen LogP contribution in [0.4, 0.5) is 5.82 Å². The Balaban J connectivity index is 1.88. The van der Waals surface area contributed by atoms with Gasteiger partial charge in [0.2, 0.25) is 0 Å². The van der Waals surface area contributed by atoms with Crippen molar-refractivity contribution in [3.05, 3.63) is 41.1 Å². The Morgan fingerprint density at radius 3 is 2.90 bits per heavy atom. The van der Waals surface area contributed by atoms with Gasteiger partial charge in [-0.1, -0.05) is 18.5 Å². The molecule has 0 saturated carbocycles. The minimum absolute atomic E-state index is 0.196. The number of pyridine rings is 1. The molecule has 7 heteroatoms. The standard InChI is InChI=1S/C14H18ClN5O/c1-2-4-18-13-11(15)8-10(9-20-13)14(21)19-5-3-12-16-6-7-17-12/h6-9H,2-5H2,1H3,(H,16,17)(H,18,20)(H,19,21). The van der Waals surface area contributed by atoms with Gasteiger partial charge in [-0.05, 0) is 12.5 Å². The Morgan fingerprint density at radius 2 is 2.24 bits per heavy atom. The molecule has 0 atom stereocenters. The summed E-state index contributed by atoms with van der Waals surface area (Å²) in [6.45, 7) is 3.35. The maximum atomic E-state index is 12.0. The van der Waals surface area contributed by atoms with E-state index in [1.807, 2.05) is 0 Å². The van der Waals surface area contributed by atoms with E-state index in [1.54, 1.807) is 18.5 Å². The number of rotatable bonds is 7. The molecule has 0 fully saturated rings. The Labute approximate surface area is 128 Å². The van der Waals surface area contributed by atoms with Gasteiger partial charge in [-0.15, -0.1) is 0 Å². The highest BCUT2D eigenvalue weighted by Gasteiger charge is 2.09. The van der Waals surface area contributed by atoms with Crippen molar-refractivity contribution in [1.29, 1.82) is 0 Å². The Morgan fingerprint density at radius 1 is 1.38 bits per heavy atom.